The molecule has 0 amide bonds. The predicted octanol–water partition coefficient (Wildman–Crippen LogP) is 0.303. The van der Waals surface area contributed by atoms with Gasteiger partial charge < -0.3 is 4.98 Å². The highest BCUT2D eigenvalue weighted by atomic mass is 15.4. The number of rotatable bonds is 1. The molecule has 2 unspecified atom stereocenters. The second-order valence-corrected chi connectivity index (χ2v) is 2.86. The Morgan fingerprint density at radius 2 is 2.50 bits per heavy atom. The lowest BCUT2D eigenvalue weighted by Gasteiger charge is -2.09. The number of nitrogens with zero attached hydrogens (tertiary/aromatic N) is 1. The van der Waals surface area contributed by atoms with E-state index >= 15 is 0 Å². The van der Waals surface area contributed by atoms with Gasteiger partial charge in [-0.2, -0.15) is 5.26 Å². The van der Waals surface area contributed by atoms with Crippen molar-refractivity contribution in [2.75, 3.05) is 6.54 Å². The molecule has 4 heteroatoms. The highest BCUT2D eigenvalue weighted by Gasteiger charge is 2.28. The first-order valence-corrected chi connectivity index (χ1v) is 3.93. The Morgan fingerprint density at radius 3 is 3.17 bits per heavy atom. The molecular weight excluding hydrogens is 152 g/mol. The van der Waals surface area contributed by atoms with Gasteiger partial charge in [0, 0.05) is 18.4 Å². The minimum Gasteiger partial charge on any atom is -0.364 e. The van der Waals surface area contributed by atoms with E-state index in [1.165, 1.54) is 0 Å². The number of aromatic amines is 1. The van der Waals surface area contributed by atoms with Gasteiger partial charge in [0.15, 0.2) is 0 Å². The molecule has 0 spiro atoms. The van der Waals surface area contributed by atoms with E-state index in [1.807, 2.05) is 18.3 Å². The van der Waals surface area contributed by atoms with E-state index in [0.717, 1.165) is 5.69 Å². The third-order valence-electron chi connectivity index (χ3n) is 2.10. The van der Waals surface area contributed by atoms with Crippen molar-refractivity contribution in [2.45, 2.75) is 6.04 Å². The van der Waals surface area contributed by atoms with Crippen LogP contribution in [-0.4, -0.2) is 11.5 Å². The first kappa shape index (κ1) is 7.35. The molecule has 1 saturated heterocycles. The molecule has 1 aromatic rings. The summed E-state index contributed by atoms with van der Waals surface area (Å²) in [7, 11) is 0. The second kappa shape index (κ2) is 2.97. The lowest BCUT2D eigenvalue weighted by molar-refractivity contribution is 0.534. The predicted molar refractivity (Wildman–Crippen MR) is 43.8 cm³/mol. The van der Waals surface area contributed by atoms with Crippen molar-refractivity contribution < 1.29 is 0 Å². The summed E-state index contributed by atoms with van der Waals surface area (Å²) in [5.74, 6) is 0.0173. The number of hydrogen-bond donors (Lipinski definition) is 3. The number of nitriles is 1. The van der Waals surface area contributed by atoms with Crippen LogP contribution in [0.5, 0.6) is 0 Å². The SMILES string of the molecule is N#CC1CNNC1c1ccc[nH]1. The van der Waals surface area contributed by atoms with E-state index in [2.05, 4.69) is 21.9 Å². The maximum atomic E-state index is 8.79. The van der Waals surface area contributed by atoms with Crippen LogP contribution in [0.1, 0.15) is 11.7 Å². The quantitative estimate of drug-likeness (QED) is 0.556. The average molecular weight is 162 g/mol. The van der Waals surface area contributed by atoms with E-state index in [9.17, 15) is 0 Å². The Morgan fingerprint density at radius 1 is 1.58 bits per heavy atom. The van der Waals surface area contributed by atoms with Crippen molar-refractivity contribution in [3.63, 3.8) is 0 Å². The van der Waals surface area contributed by atoms with Gasteiger partial charge in [-0.05, 0) is 12.1 Å². The van der Waals surface area contributed by atoms with Crippen LogP contribution in [-0.2, 0) is 0 Å². The molecule has 1 aliphatic heterocycles. The van der Waals surface area contributed by atoms with Crippen LogP contribution in [0.25, 0.3) is 0 Å². The first-order valence-electron chi connectivity index (χ1n) is 3.93. The van der Waals surface area contributed by atoms with Crippen LogP contribution >= 0.6 is 0 Å². The maximum Gasteiger partial charge on any atom is 0.0823 e. The van der Waals surface area contributed by atoms with E-state index in [-0.39, 0.29) is 12.0 Å². The Labute approximate surface area is 70.6 Å². The Balaban J connectivity index is 2.20. The average Bonchev–Trinajstić information content (AvgIpc) is 2.74. The monoisotopic (exact) mass is 162 g/mol. The van der Waals surface area contributed by atoms with Crippen molar-refractivity contribution in [1.82, 2.24) is 15.8 Å². The Bertz CT molecular complexity index is 285. The molecule has 1 aliphatic rings. The van der Waals surface area contributed by atoms with Gasteiger partial charge in [0.05, 0.1) is 18.0 Å². The molecule has 12 heavy (non-hydrogen) atoms. The zero-order chi connectivity index (χ0) is 8.39. The molecule has 1 aromatic heterocycles. The molecule has 2 heterocycles. The number of hydrogen-bond acceptors (Lipinski definition) is 3. The van der Waals surface area contributed by atoms with E-state index in [0.29, 0.717) is 6.54 Å². The molecule has 1 fully saturated rings. The number of H-pyrrole nitrogens is 1. The van der Waals surface area contributed by atoms with Crippen molar-refractivity contribution in [3.05, 3.63) is 24.0 Å². The van der Waals surface area contributed by atoms with E-state index in [4.69, 9.17) is 5.26 Å². The molecule has 3 N–H and O–H groups in total. The number of aromatic nitrogens is 1. The molecule has 62 valence electrons. The molecular formula is C8H10N4. The van der Waals surface area contributed by atoms with Crippen LogP contribution in [0.2, 0.25) is 0 Å². The molecule has 2 atom stereocenters. The normalized spacial score (nSPS) is 28.6. The third kappa shape index (κ3) is 1.09. The van der Waals surface area contributed by atoms with Gasteiger partial charge in [0.2, 0.25) is 0 Å². The van der Waals surface area contributed by atoms with Crippen LogP contribution < -0.4 is 10.9 Å². The first-order chi connectivity index (χ1) is 5.92. The molecule has 0 radical (unpaired) electrons. The molecule has 0 aliphatic carbocycles. The topological polar surface area (TPSA) is 63.6 Å². The summed E-state index contributed by atoms with van der Waals surface area (Å²) in [6.07, 6.45) is 1.86. The summed E-state index contributed by atoms with van der Waals surface area (Å²) in [5.41, 5.74) is 7.09. The number of hydrazine groups is 1. The zero-order valence-corrected chi connectivity index (χ0v) is 6.54. The summed E-state index contributed by atoms with van der Waals surface area (Å²) < 4.78 is 0. The minimum absolute atomic E-state index is 0.0173. The minimum atomic E-state index is 0.0173. The molecule has 0 aromatic carbocycles. The van der Waals surface area contributed by atoms with Crippen molar-refractivity contribution >= 4 is 0 Å². The maximum absolute atomic E-state index is 8.79. The standard InChI is InChI=1S/C8H10N4/c9-4-6-5-11-12-8(6)7-2-1-3-10-7/h1-3,6,8,10-12H,5H2. The highest BCUT2D eigenvalue weighted by molar-refractivity contribution is 5.15. The van der Waals surface area contributed by atoms with Gasteiger partial charge in [0.25, 0.3) is 0 Å². The Kier molecular flexibility index (Phi) is 1.82. The van der Waals surface area contributed by atoms with Gasteiger partial charge in [-0.15, -0.1) is 0 Å². The lowest BCUT2D eigenvalue weighted by Crippen LogP contribution is -2.25. The van der Waals surface area contributed by atoms with Crippen LogP contribution in [0.3, 0.4) is 0 Å². The van der Waals surface area contributed by atoms with E-state index < -0.39 is 0 Å². The van der Waals surface area contributed by atoms with Gasteiger partial charge in [-0.3, -0.25) is 5.43 Å². The van der Waals surface area contributed by atoms with E-state index in [1.54, 1.807) is 0 Å². The van der Waals surface area contributed by atoms with Crippen molar-refractivity contribution in [3.8, 4) is 6.07 Å². The third-order valence-corrected chi connectivity index (χ3v) is 2.10. The van der Waals surface area contributed by atoms with Gasteiger partial charge in [-0.25, -0.2) is 5.43 Å². The molecule has 0 saturated carbocycles. The fourth-order valence-corrected chi connectivity index (χ4v) is 1.45. The summed E-state index contributed by atoms with van der Waals surface area (Å²) in [4.78, 5) is 3.09. The van der Waals surface area contributed by atoms with Gasteiger partial charge in [0.1, 0.15) is 0 Å². The van der Waals surface area contributed by atoms with Gasteiger partial charge in [-0.1, -0.05) is 0 Å². The highest BCUT2D eigenvalue weighted by Crippen LogP contribution is 2.22. The molecule has 2 rings (SSSR count). The fraction of sp³-hybridized carbons (Fsp3) is 0.375. The summed E-state index contributed by atoms with van der Waals surface area (Å²) in [6, 6.07) is 6.27. The van der Waals surface area contributed by atoms with Crippen molar-refractivity contribution in [2.24, 2.45) is 5.92 Å². The smallest absolute Gasteiger partial charge is 0.0823 e. The van der Waals surface area contributed by atoms with Gasteiger partial charge >= 0.3 is 0 Å². The summed E-state index contributed by atoms with van der Waals surface area (Å²) in [5, 5.41) is 8.79. The van der Waals surface area contributed by atoms with Crippen LogP contribution in [0.15, 0.2) is 18.3 Å². The summed E-state index contributed by atoms with van der Waals surface area (Å²) in [6.45, 7) is 0.709. The van der Waals surface area contributed by atoms with Crippen LogP contribution in [0.4, 0.5) is 0 Å². The largest absolute Gasteiger partial charge is 0.364 e. The number of nitrogens with one attached hydrogen (secondary N) is 3. The molecule has 0 bridgehead atoms. The zero-order valence-electron chi connectivity index (χ0n) is 6.54. The summed E-state index contributed by atoms with van der Waals surface area (Å²) >= 11 is 0. The Hall–Kier alpha value is -1.31. The fourth-order valence-electron chi connectivity index (χ4n) is 1.45. The molecule has 4 nitrogen and oxygen atoms in total. The second-order valence-electron chi connectivity index (χ2n) is 2.86. The van der Waals surface area contributed by atoms with Crippen LogP contribution in [0, 0.1) is 17.2 Å². The lowest BCUT2D eigenvalue weighted by atomic mass is 10.0. The van der Waals surface area contributed by atoms with Crippen molar-refractivity contribution in [1.29, 1.82) is 5.26 Å².